The van der Waals surface area contributed by atoms with Gasteiger partial charge in [-0.2, -0.15) is 0 Å². The minimum absolute atomic E-state index is 1.50. The number of nitrogens with zero attached hydrogens (tertiary/aromatic N) is 2. The molecule has 1 N–H and O–H groups in total. The number of nitroso groups, excluding NO2 is 1. The first-order chi connectivity index (χ1) is 3.15. The Morgan fingerprint density at radius 1 is 1.86 bits per heavy atom. The van der Waals surface area contributed by atoms with Crippen LogP contribution in [0.15, 0.2) is 4.70 Å². The molecule has 0 amide bonds. The van der Waals surface area contributed by atoms with Gasteiger partial charge >= 0.3 is 0 Å². The second-order valence-electron chi connectivity index (χ2n) is 0.307. The summed E-state index contributed by atoms with van der Waals surface area (Å²) >= 11 is 4.07. The molecule has 0 aromatic carbocycles. The van der Waals surface area contributed by atoms with Crippen molar-refractivity contribution >= 4 is 11.8 Å². The van der Waals surface area contributed by atoms with Crippen LogP contribution in [0, 0.1) is 15.0 Å². The fourth-order valence-corrected chi connectivity index (χ4v) is 0. The van der Waals surface area contributed by atoms with E-state index in [2.05, 4.69) is 11.8 Å². The highest BCUT2D eigenvalue weighted by Gasteiger charge is 1.65. The molecule has 0 rings (SSSR count). The van der Waals surface area contributed by atoms with E-state index in [1.54, 1.807) is 4.70 Å². The first-order valence-electron chi connectivity index (χ1n) is 0.917. The van der Waals surface area contributed by atoms with Gasteiger partial charge in [-0.1, -0.05) is 0 Å². The Bertz CT molecular complexity index is 56.7. The molecule has 0 fully saturated rings. The van der Waals surface area contributed by atoms with E-state index in [0.717, 1.165) is 0 Å². The van der Waals surface area contributed by atoms with Gasteiger partial charge in [0.05, 0.1) is 11.8 Å². The third-order valence-corrected chi connectivity index (χ3v) is 0. The average Bonchev–Trinajstić information content (AvgIpc) is 1.33. The second-order valence-corrected chi connectivity index (χ2v) is 0.445. The van der Waals surface area contributed by atoms with Gasteiger partial charge in [0, 0.05) is 4.70 Å². The Labute approximate surface area is 42.9 Å². The summed E-state index contributed by atoms with van der Waals surface area (Å²) in [7, 11) is 0. The highest BCUT2D eigenvalue weighted by Crippen LogP contribution is 1.60. The molecule has 7 heteroatoms. The van der Waals surface area contributed by atoms with E-state index in [-0.39, 0.29) is 0 Å². The van der Waals surface area contributed by atoms with Crippen LogP contribution in [0.5, 0.6) is 0 Å². The van der Waals surface area contributed by atoms with E-state index in [4.69, 9.17) is 20.2 Å². The van der Waals surface area contributed by atoms with Crippen molar-refractivity contribution < 1.29 is 10.3 Å². The number of halogens is 1. The fraction of sp³-hybridized carbons (Fsp3) is 0. The van der Waals surface area contributed by atoms with Gasteiger partial charge in [-0.25, -0.2) is 0 Å². The number of rotatable bonds is 0. The molecule has 0 aliphatic rings. The minimum atomic E-state index is -1.50. The Morgan fingerprint density at radius 2 is 1.86 bits per heavy atom. The van der Waals surface area contributed by atoms with Gasteiger partial charge in [0.15, 0.2) is 0 Å². The lowest BCUT2D eigenvalue weighted by atomic mass is 13.1. The third kappa shape index (κ3) is 58.7. The Balaban J connectivity index is 0. The van der Waals surface area contributed by atoms with Gasteiger partial charge in [-0.15, -0.1) is 15.0 Å². The van der Waals surface area contributed by atoms with E-state index >= 15 is 0 Å². The lowest BCUT2D eigenvalue weighted by Crippen LogP contribution is -1.81. The van der Waals surface area contributed by atoms with E-state index in [1.807, 2.05) is 0 Å². The number of hydrogen-bond acceptors (Lipinski definition) is 4. The first kappa shape index (κ1) is 9.43. The van der Waals surface area contributed by atoms with Crippen LogP contribution in [0.1, 0.15) is 0 Å². The maximum Gasteiger partial charge on any atom is 0.291 e. The summed E-state index contributed by atoms with van der Waals surface area (Å²) in [4.78, 5) is 16.7. The Morgan fingerprint density at radius 3 is 1.86 bits per heavy atom. The van der Waals surface area contributed by atoms with Gasteiger partial charge in [0.25, 0.3) is 5.09 Å². The summed E-state index contributed by atoms with van der Waals surface area (Å²) in [6.07, 6.45) is 0. The van der Waals surface area contributed by atoms with Crippen LogP contribution in [0.3, 0.4) is 0 Å². The molecule has 0 unspecified atom stereocenters. The predicted molar refractivity (Wildman–Crippen MR) is 20.4 cm³/mol. The summed E-state index contributed by atoms with van der Waals surface area (Å²) in [5, 5.41) is 13.6. The lowest BCUT2D eigenvalue weighted by Gasteiger charge is -1.56. The Hall–Kier alpha value is -0.910. The van der Waals surface area contributed by atoms with E-state index in [1.165, 1.54) is 0 Å². The maximum absolute atomic E-state index is 8.36. The van der Waals surface area contributed by atoms with Gasteiger partial charge in [-0.3, -0.25) is 0 Å². The second kappa shape index (κ2) is 8.92. The van der Waals surface area contributed by atoms with Crippen LogP contribution in [0.2, 0.25) is 0 Å². The molecular formula is HClN2O4. The van der Waals surface area contributed by atoms with Crippen molar-refractivity contribution in [3.63, 3.8) is 0 Å². The standard InChI is InChI=1S/ClNO.HNO3/c1-2-3;2-1(3)4/h;(H,2,3,4). The van der Waals surface area contributed by atoms with Crippen LogP contribution >= 0.6 is 11.8 Å². The normalized spacial score (nSPS) is 5.29. The topological polar surface area (TPSA) is 92.8 Å². The van der Waals surface area contributed by atoms with Crippen LogP contribution in [0.4, 0.5) is 0 Å². The first-order valence-corrected chi connectivity index (χ1v) is 1.25. The van der Waals surface area contributed by atoms with Crippen molar-refractivity contribution in [3.8, 4) is 0 Å². The predicted octanol–water partition coefficient (Wildman–Crippen LogP) is 0.559. The van der Waals surface area contributed by atoms with Gasteiger partial charge in [0.1, 0.15) is 0 Å². The molecule has 0 spiro atoms. The van der Waals surface area contributed by atoms with Crippen molar-refractivity contribution in [1.82, 2.24) is 0 Å². The summed E-state index contributed by atoms with van der Waals surface area (Å²) in [5.74, 6) is 0. The van der Waals surface area contributed by atoms with Crippen LogP contribution in [-0.4, -0.2) is 10.3 Å². The minimum Gasteiger partial charge on any atom is -0.328 e. The highest BCUT2D eigenvalue weighted by atomic mass is 35.5. The molecule has 0 saturated carbocycles. The molecule has 0 aliphatic heterocycles. The molecule has 0 heterocycles. The van der Waals surface area contributed by atoms with Crippen LogP contribution in [0.25, 0.3) is 0 Å². The quantitative estimate of drug-likeness (QED) is 0.293. The largest absolute Gasteiger partial charge is 0.328 e. The van der Waals surface area contributed by atoms with Crippen molar-refractivity contribution in [3.05, 3.63) is 15.0 Å². The zero-order chi connectivity index (χ0) is 6.28. The molecule has 0 radical (unpaired) electrons. The summed E-state index contributed by atoms with van der Waals surface area (Å²) in [6, 6.07) is 0. The monoisotopic (exact) mass is 128 g/mol. The highest BCUT2D eigenvalue weighted by molar-refractivity contribution is 6.14. The van der Waals surface area contributed by atoms with Crippen molar-refractivity contribution in [1.29, 1.82) is 0 Å². The Kier molecular flexibility index (Phi) is 12.0. The van der Waals surface area contributed by atoms with E-state index in [0.29, 0.717) is 0 Å². The molecule has 0 saturated heterocycles. The van der Waals surface area contributed by atoms with Crippen LogP contribution in [-0.2, 0) is 0 Å². The fourth-order valence-electron chi connectivity index (χ4n) is 0. The zero-order valence-corrected chi connectivity index (χ0v) is 3.70. The van der Waals surface area contributed by atoms with Gasteiger partial charge < -0.3 is 5.21 Å². The molecule has 0 aromatic rings. The summed E-state index contributed by atoms with van der Waals surface area (Å²) in [5.41, 5.74) is 0. The SMILES string of the molecule is O=NCl.O=[N+]([O-])O. The summed E-state index contributed by atoms with van der Waals surface area (Å²) < 4.78 is 1.72. The average molecular weight is 128 g/mol. The van der Waals surface area contributed by atoms with E-state index < -0.39 is 5.09 Å². The third-order valence-electron chi connectivity index (χ3n) is 0. The van der Waals surface area contributed by atoms with Crippen LogP contribution < -0.4 is 0 Å². The number of hydrogen-bond donors (Lipinski definition) is 1. The molecular weight excluding hydrogens is 127 g/mol. The lowest BCUT2D eigenvalue weighted by molar-refractivity contribution is -0.742. The molecule has 42 valence electrons. The molecule has 6 nitrogen and oxygen atoms in total. The molecule has 0 aromatic heterocycles. The molecule has 7 heavy (non-hydrogen) atoms. The van der Waals surface area contributed by atoms with Gasteiger partial charge in [0.2, 0.25) is 0 Å². The zero-order valence-electron chi connectivity index (χ0n) is 2.94. The van der Waals surface area contributed by atoms with Crippen molar-refractivity contribution in [2.45, 2.75) is 0 Å². The summed E-state index contributed by atoms with van der Waals surface area (Å²) in [6.45, 7) is 0. The smallest absolute Gasteiger partial charge is 0.291 e. The van der Waals surface area contributed by atoms with Gasteiger partial charge in [-0.05, 0) is 0 Å². The van der Waals surface area contributed by atoms with E-state index in [9.17, 15) is 0 Å². The molecule has 0 aliphatic carbocycles. The molecule has 0 bridgehead atoms. The maximum atomic E-state index is 8.36. The van der Waals surface area contributed by atoms with Crippen molar-refractivity contribution in [2.75, 3.05) is 0 Å². The molecule has 0 atom stereocenters. The van der Waals surface area contributed by atoms with Crippen molar-refractivity contribution in [2.24, 2.45) is 4.70 Å².